The van der Waals surface area contributed by atoms with Crippen LogP contribution in [0.25, 0.3) is 0 Å². The van der Waals surface area contributed by atoms with Crippen molar-refractivity contribution in [2.45, 2.75) is 13.5 Å². The van der Waals surface area contributed by atoms with E-state index < -0.39 is 0 Å². The molecule has 1 aliphatic rings. The van der Waals surface area contributed by atoms with Gasteiger partial charge in [-0.15, -0.1) is 11.3 Å². The summed E-state index contributed by atoms with van der Waals surface area (Å²) >= 11 is 13.4. The molecule has 1 aromatic carbocycles. The molecule has 0 bridgehead atoms. The van der Waals surface area contributed by atoms with Crippen molar-refractivity contribution in [1.82, 2.24) is 15.2 Å². The van der Waals surface area contributed by atoms with E-state index in [2.05, 4.69) is 10.3 Å². The van der Waals surface area contributed by atoms with E-state index in [9.17, 15) is 9.59 Å². The van der Waals surface area contributed by atoms with Gasteiger partial charge in [-0.1, -0.05) is 23.2 Å². The maximum Gasteiger partial charge on any atom is 0.234 e. The van der Waals surface area contributed by atoms with Gasteiger partial charge in [-0.2, -0.15) is 0 Å². The average Bonchev–Trinajstić information content (AvgIpc) is 2.98. The van der Waals surface area contributed by atoms with Crippen LogP contribution in [0, 0.1) is 0 Å². The van der Waals surface area contributed by atoms with Gasteiger partial charge in [0.25, 0.3) is 0 Å². The predicted octanol–water partition coefficient (Wildman–Crippen LogP) is 3.07. The van der Waals surface area contributed by atoms with Gasteiger partial charge >= 0.3 is 0 Å². The lowest BCUT2D eigenvalue weighted by Gasteiger charge is -2.25. The monoisotopic (exact) mass is 398 g/mol. The summed E-state index contributed by atoms with van der Waals surface area (Å²) in [6.07, 6.45) is 0. The molecule has 1 fully saturated rings. The minimum Gasteiger partial charge on any atom is -0.354 e. The SMILES string of the molecule is CC(=O)N(c1ccc(Cl)c(Cl)c1)c1nc(CN2CCNC(=O)C2)cs1. The summed E-state index contributed by atoms with van der Waals surface area (Å²) < 4.78 is 0. The topological polar surface area (TPSA) is 65.5 Å². The van der Waals surface area contributed by atoms with Gasteiger partial charge in [0.2, 0.25) is 11.8 Å². The van der Waals surface area contributed by atoms with E-state index in [1.807, 2.05) is 10.3 Å². The van der Waals surface area contributed by atoms with Gasteiger partial charge in [0.05, 0.1) is 28.0 Å². The molecule has 0 atom stereocenters. The van der Waals surface area contributed by atoms with E-state index in [1.54, 1.807) is 18.2 Å². The van der Waals surface area contributed by atoms with Crippen LogP contribution < -0.4 is 10.2 Å². The Morgan fingerprint density at radius 1 is 1.40 bits per heavy atom. The van der Waals surface area contributed by atoms with E-state index in [0.717, 1.165) is 12.2 Å². The number of halogens is 2. The number of hydrogen-bond acceptors (Lipinski definition) is 5. The van der Waals surface area contributed by atoms with Crippen molar-refractivity contribution in [1.29, 1.82) is 0 Å². The molecule has 2 amide bonds. The highest BCUT2D eigenvalue weighted by atomic mass is 35.5. The zero-order valence-electron chi connectivity index (χ0n) is 13.5. The molecule has 25 heavy (non-hydrogen) atoms. The maximum atomic E-state index is 12.1. The third-order valence-corrected chi connectivity index (χ3v) is 5.32. The zero-order valence-corrected chi connectivity index (χ0v) is 15.8. The lowest BCUT2D eigenvalue weighted by Crippen LogP contribution is -2.47. The molecular formula is C16H16Cl2N4O2S. The number of hydrogen-bond donors (Lipinski definition) is 1. The Morgan fingerprint density at radius 3 is 2.88 bits per heavy atom. The Morgan fingerprint density at radius 2 is 2.20 bits per heavy atom. The molecule has 0 spiro atoms. The van der Waals surface area contributed by atoms with Crippen LogP contribution in [0.4, 0.5) is 10.8 Å². The molecule has 0 radical (unpaired) electrons. The Bertz CT molecular complexity index is 811. The Balaban J connectivity index is 1.81. The number of piperazine rings is 1. The first kappa shape index (κ1) is 18.1. The van der Waals surface area contributed by atoms with Crippen LogP contribution >= 0.6 is 34.5 Å². The lowest BCUT2D eigenvalue weighted by molar-refractivity contribution is -0.124. The van der Waals surface area contributed by atoms with Gasteiger partial charge in [-0.05, 0) is 18.2 Å². The summed E-state index contributed by atoms with van der Waals surface area (Å²) in [4.78, 5) is 31.7. The predicted molar refractivity (Wildman–Crippen MR) is 99.7 cm³/mol. The van der Waals surface area contributed by atoms with E-state index in [-0.39, 0.29) is 11.8 Å². The van der Waals surface area contributed by atoms with Gasteiger partial charge < -0.3 is 5.32 Å². The van der Waals surface area contributed by atoms with Crippen LogP contribution in [-0.4, -0.2) is 41.3 Å². The van der Waals surface area contributed by atoms with Crippen molar-refractivity contribution in [3.05, 3.63) is 39.3 Å². The molecule has 0 aliphatic carbocycles. The van der Waals surface area contributed by atoms with Crippen molar-refractivity contribution in [2.24, 2.45) is 0 Å². The largest absolute Gasteiger partial charge is 0.354 e. The normalized spacial score (nSPS) is 15.1. The van der Waals surface area contributed by atoms with Crippen molar-refractivity contribution in [3.8, 4) is 0 Å². The number of nitrogens with one attached hydrogen (secondary N) is 1. The number of carbonyl (C=O) groups is 2. The third-order valence-electron chi connectivity index (χ3n) is 3.71. The average molecular weight is 399 g/mol. The molecule has 2 heterocycles. The van der Waals surface area contributed by atoms with Crippen molar-refractivity contribution >= 4 is 57.2 Å². The second-order valence-corrected chi connectivity index (χ2v) is 7.29. The minimum atomic E-state index is -0.170. The summed E-state index contributed by atoms with van der Waals surface area (Å²) in [6, 6.07) is 5.02. The molecule has 1 aliphatic heterocycles. The number of thiazole rings is 1. The van der Waals surface area contributed by atoms with Crippen molar-refractivity contribution < 1.29 is 9.59 Å². The van der Waals surface area contributed by atoms with Gasteiger partial charge in [0.1, 0.15) is 0 Å². The van der Waals surface area contributed by atoms with Crippen LogP contribution in [-0.2, 0) is 16.1 Å². The van der Waals surface area contributed by atoms with Crippen LogP contribution in [0.5, 0.6) is 0 Å². The molecular weight excluding hydrogens is 383 g/mol. The highest BCUT2D eigenvalue weighted by Gasteiger charge is 2.21. The van der Waals surface area contributed by atoms with E-state index >= 15 is 0 Å². The Hall–Kier alpha value is -1.67. The smallest absolute Gasteiger partial charge is 0.234 e. The van der Waals surface area contributed by atoms with E-state index in [1.165, 1.54) is 23.2 Å². The van der Waals surface area contributed by atoms with Gasteiger partial charge in [-0.3, -0.25) is 19.4 Å². The quantitative estimate of drug-likeness (QED) is 0.859. The first-order chi connectivity index (χ1) is 11.9. The first-order valence-electron chi connectivity index (χ1n) is 7.63. The summed E-state index contributed by atoms with van der Waals surface area (Å²) in [5.41, 5.74) is 1.43. The van der Waals surface area contributed by atoms with Crippen LogP contribution in [0.3, 0.4) is 0 Å². The fourth-order valence-electron chi connectivity index (χ4n) is 2.58. The molecule has 9 heteroatoms. The van der Waals surface area contributed by atoms with E-state index in [0.29, 0.717) is 40.5 Å². The molecule has 2 aromatic rings. The van der Waals surface area contributed by atoms with Gasteiger partial charge in [0, 0.05) is 31.9 Å². The number of rotatable bonds is 4. The number of carbonyl (C=O) groups excluding carboxylic acids is 2. The van der Waals surface area contributed by atoms with Crippen LogP contribution in [0.2, 0.25) is 10.0 Å². The lowest BCUT2D eigenvalue weighted by atomic mass is 10.3. The summed E-state index contributed by atoms with van der Waals surface area (Å²) in [5.74, 6) is -0.153. The standard InChI is InChI=1S/C16H16Cl2N4O2S/c1-10(23)22(12-2-3-13(17)14(18)6-12)16-20-11(9-25-16)7-21-5-4-19-15(24)8-21/h2-3,6,9H,4-5,7-8H2,1H3,(H,19,24). The van der Waals surface area contributed by atoms with Crippen LogP contribution in [0.15, 0.2) is 23.6 Å². The first-order valence-corrected chi connectivity index (χ1v) is 9.27. The van der Waals surface area contributed by atoms with Gasteiger partial charge in [-0.25, -0.2) is 4.98 Å². The van der Waals surface area contributed by atoms with E-state index in [4.69, 9.17) is 23.2 Å². The fourth-order valence-corrected chi connectivity index (χ4v) is 3.75. The molecule has 6 nitrogen and oxygen atoms in total. The van der Waals surface area contributed by atoms with Crippen molar-refractivity contribution in [3.63, 3.8) is 0 Å². The molecule has 1 saturated heterocycles. The zero-order chi connectivity index (χ0) is 18.0. The van der Waals surface area contributed by atoms with Crippen molar-refractivity contribution in [2.75, 3.05) is 24.5 Å². The number of aromatic nitrogens is 1. The van der Waals surface area contributed by atoms with Gasteiger partial charge in [0.15, 0.2) is 5.13 Å². The maximum absolute atomic E-state index is 12.1. The fraction of sp³-hybridized carbons (Fsp3) is 0.312. The molecule has 0 saturated carbocycles. The molecule has 132 valence electrons. The summed E-state index contributed by atoms with van der Waals surface area (Å²) in [6.45, 7) is 3.81. The second kappa shape index (κ2) is 7.70. The Kier molecular flexibility index (Phi) is 5.58. The molecule has 3 rings (SSSR count). The number of benzene rings is 1. The number of amides is 2. The summed E-state index contributed by atoms with van der Waals surface area (Å²) in [5, 5.41) is 6.05. The molecule has 1 aromatic heterocycles. The Labute approximate surface area is 159 Å². The van der Waals surface area contributed by atoms with Crippen LogP contribution in [0.1, 0.15) is 12.6 Å². The second-order valence-electron chi connectivity index (χ2n) is 5.63. The summed E-state index contributed by atoms with van der Waals surface area (Å²) in [7, 11) is 0. The number of nitrogens with zero attached hydrogens (tertiary/aromatic N) is 3. The highest BCUT2D eigenvalue weighted by Crippen LogP contribution is 2.33. The third kappa shape index (κ3) is 4.30. The minimum absolute atomic E-state index is 0.0165. The highest BCUT2D eigenvalue weighted by molar-refractivity contribution is 7.14. The molecule has 1 N–H and O–H groups in total. The number of anilines is 2. The molecule has 0 unspecified atom stereocenters.